The Balaban J connectivity index is 2.36. The predicted octanol–water partition coefficient (Wildman–Crippen LogP) is 1.53. The number of hydrogen-bond donors (Lipinski definition) is 2. The lowest BCUT2D eigenvalue weighted by molar-refractivity contribution is 0.988. The molecule has 2 rings (SSSR count). The van der Waals surface area contributed by atoms with E-state index in [9.17, 15) is 0 Å². The van der Waals surface area contributed by atoms with Gasteiger partial charge in [-0.25, -0.2) is 4.98 Å². The van der Waals surface area contributed by atoms with Gasteiger partial charge >= 0.3 is 0 Å². The maximum Gasteiger partial charge on any atom is 0.221 e. The number of aromatic nitrogens is 3. The van der Waals surface area contributed by atoms with E-state index in [4.69, 9.17) is 23.1 Å². The third kappa shape index (κ3) is 3.23. The number of anilines is 1. The fourth-order valence-electron chi connectivity index (χ4n) is 1.63. The minimum absolute atomic E-state index is 0.159. The molecule has 2 heterocycles. The molecule has 0 saturated carbocycles. The maximum atomic E-state index is 6.06. The molecule has 0 aliphatic heterocycles. The maximum absolute atomic E-state index is 6.06. The summed E-state index contributed by atoms with van der Waals surface area (Å²) in [6, 6.07) is 3.70. The highest BCUT2D eigenvalue weighted by molar-refractivity contribution is 6.30. The second-order valence-electron chi connectivity index (χ2n) is 4.04. The van der Waals surface area contributed by atoms with Gasteiger partial charge in [0.25, 0.3) is 0 Å². The van der Waals surface area contributed by atoms with Gasteiger partial charge in [-0.2, -0.15) is 4.98 Å². The van der Waals surface area contributed by atoms with Crippen molar-refractivity contribution < 1.29 is 0 Å². The SMILES string of the molecule is CCc1nc(N)nc(Cl)c1C#Cc1ccc(CN)nc1. The molecule has 0 aliphatic rings. The highest BCUT2D eigenvalue weighted by atomic mass is 35.5. The lowest BCUT2D eigenvalue weighted by Gasteiger charge is -2.03. The summed E-state index contributed by atoms with van der Waals surface area (Å²) >= 11 is 6.06. The lowest BCUT2D eigenvalue weighted by Crippen LogP contribution is -2.02. The first kappa shape index (κ1) is 14.3. The molecule has 20 heavy (non-hydrogen) atoms. The number of aryl methyl sites for hydroxylation is 1. The van der Waals surface area contributed by atoms with Gasteiger partial charge in [-0.3, -0.25) is 4.98 Å². The summed E-state index contributed by atoms with van der Waals surface area (Å²) < 4.78 is 0. The molecule has 5 nitrogen and oxygen atoms in total. The van der Waals surface area contributed by atoms with Crippen molar-refractivity contribution in [3.63, 3.8) is 0 Å². The van der Waals surface area contributed by atoms with Crippen LogP contribution in [0.25, 0.3) is 0 Å². The predicted molar refractivity (Wildman–Crippen MR) is 78.9 cm³/mol. The molecule has 0 unspecified atom stereocenters. The van der Waals surface area contributed by atoms with Gasteiger partial charge in [0.2, 0.25) is 5.95 Å². The van der Waals surface area contributed by atoms with E-state index in [2.05, 4.69) is 26.8 Å². The molecule has 102 valence electrons. The van der Waals surface area contributed by atoms with Gasteiger partial charge in [0.05, 0.1) is 17.0 Å². The van der Waals surface area contributed by atoms with Crippen LogP contribution in [0.3, 0.4) is 0 Å². The molecule has 0 aliphatic carbocycles. The fraction of sp³-hybridized carbons (Fsp3) is 0.214. The van der Waals surface area contributed by atoms with Crippen molar-refractivity contribution >= 4 is 17.5 Å². The van der Waals surface area contributed by atoms with E-state index in [1.54, 1.807) is 6.20 Å². The summed E-state index contributed by atoms with van der Waals surface area (Å²) in [4.78, 5) is 12.2. The Bertz CT molecular complexity index is 670. The van der Waals surface area contributed by atoms with Crippen molar-refractivity contribution in [2.75, 3.05) is 5.73 Å². The van der Waals surface area contributed by atoms with Gasteiger partial charge in [-0.1, -0.05) is 30.4 Å². The second kappa shape index (κ2) is 6.33. The summed E-state index contributed by atoms with van der Waals surface area (Å²) in [5, 5.41) is 0.272. The quantitative estimate of drug-likeness (QED) is 0.646. The molecule has 0 radical (unpaired) electrons. The summed E-state index contributed by atoms with van der Waals surface area (Å²) in [5.41, 5.74) is 14.0. The molecule has 2 aromatic heterocycles. The Labute approximate surface area is 122 Å². The van der Waals surface area contributed by atoms with Gasteiger partial charge in [-0.15, -0.1) is 0 Å². The summed E-state index contributed by atoms with van der Waals surface area (Å²) in [7, 11) is 0. The largest absolute Gasteiger partial charge is 0.368 e. The van der Waals surface area contributed by atoms with Crippen LogP contribution in [0.15, 0.2) is 18.3 Å². The number of halogens is 1. The summed E-state index contributed by atoms with van der Waals surface area (Å²) in [6.45, 7) is 2.37. The molecule has 0 amide bonds. The van der Waals surface area contributed by atoms with Gasteiger partial charge in [-0.05, 0) is 18.6 Å². The first-order valence-electron chi connectivity index (χ1n) is 6.13. The Morgan fingerprint density at radius 3 is 2.65 bits per heavy atom. The Kier molecular flexibility index (Phi) is 4.51. The van der Waals surface area contributed by atoms with Gasteiger partial charge in [0.15, 0.2) is 5.15 Å². The Morgan fingerprint density at radius 2 is 2.05 bits per heavy atom. The average Bonchev–Trinajstić information content (AvgIpc) is 2.46. The summed E-state index contributed by atoms with van der Waals surface area (Å²) in [6.07, 6.45) is 2.35. The first-order valence-corrected chi connectivity index (χ1v) is 6.50. The van der Waals surface area contributed by atoms with E-state index < -0.39 is 0 Å². The van der Waals surface area contributed by atoms with Crippen molar-refractivity contribution in [1.29, 1.82) is 0 Å². The van der Waals surface area contributed by atoms with Crippen molar-refractivity contribution in [3.8, 4) is 11.8 Å². The van der Waals surface area contributed by atoms with Gasteiger partial charge in [0.1, 0.15) is 0 Å². The highest BCUT2D eigenvalue weighted by Gasteiger charge is 2.08. The minimum atomic E-state index is 0.159. The van der Waals surface area contributed by atoms with E-state index in [0.717, 1.165) is 17.0 Å². The van der Waals surface area contributed by atoms with Crippen molar-refractivity contribution in [2.45, 2.75) is 19.9 Å². The smallest absolute Gasteiger partial charge is 0.221 e. The number of rotatable bonds is 2. The molecule has 4 N–H and O–H groups in total. The van der Waals surface area contributed by atoms with Crippen LogP contribution in [0.4, 0.5) is 5.95 Å². The summed E-state index contributed by atoms with van der Waals surface area (Å²) in [5.74, 6) is 6.13. The molecule has 6 heteroatoms. The second-order valence-corrected chi connectivity index (χ2v) is 4.40. The number of hydrogen-bond acceptors (Lipinski definition) is 5. The molecular formula is C14H14ClN5. The number of nitrogens with two attached hydrogens (primary N) is 2. The topological polar surface area (TPSA) is 90.7 Å². The molecule has 0 fully saturated rings. The Hall–Kier alpha value is -2.16. The monoisotopic (exact) mass is 287 g/mol. The third-order valence-electron chi connectivity index (χ3n) is 2.66. The normalized spacial score (nSPS) is 9.95. The molecule has 0 spiro atoms. The molecule has 0 saturated heterocycles. The van der Waals surface area contributed by atoms with Crippen LogP contribution >= 0.6 is 11.6 Å². The van der Waals surface area contributed by atoms with Crippen LogP contribution in [-0.2, 0) is 13.0 Å². The molecule has 0 bridgehead atoms. The van der Waals surface area contributed by atoms with Gasteiger partial charge < -0.3 is 11.5 Å². The lowest BCUT2D eigenvalue weighted by atomic mass is 10.1. The number of pyridine rings is 1. The van der Waals surface area contributed by atoms with E-state index >= 15 is 0 Å². The zero-order valence-corrected chi connectivity index (χ0v) is 11.8. The minimum Gasteiger partial charge on any atom is -0.368 e. The van der Waals surface area contributed by atoms with Crippen LogP contribution in [0.1, 0.15) is 29.4 Å². The molecule has 0 atom stereocenters. The van der Waals surface area contributed by atoms with Crippen LogP contribution < -0.4 is 11.5 Å². The van der Waals surface area contributed by atoms with Gasteiger partial charge in [0, 0.05) is 18.3 Å². The van der Waals surface area contributed by atoms with Crippen molar-refractivity contribution in [1.82, 2.24) is 15.0 Å². The molecule has 2 aromatic rings. The van der Waals surface area contributed by atoms with E-state index in [0.29, 0.717) is 18.5 Å². The van der Waals surface area contributed by atoms with Crippen LogP contribution in [0, 0.1) is 11.8 Å². The Morgan fingerprint density at radius 1 is 1.25 bits per heavy atom. The van der Waals surface area contributed by atoms with Crippen LogP contribution in [0.5, 0.6) is 0 Å². The zero-order chi connectivity index (χ0) is 14.5. The highest BCUT2D eigenvalue weighted by Crippen LogP contribution is 2.17. The van der Waals surface area contributed by atoms with E-state index in [-0.39, 0.29) is 11.1 Å². The van der Waals surface area contributed by atoms with Crippen molar-refractivity contribution in [2.24, 2.45) is 5.73 Å². The van der Waals surface area contributed by atoms with Crippen LogP contribution in [-0.4, -0.2) is 15.0 Å². The molecule has 0 aromatic carbocycles. The number of nitrogen functional groups attached to an aromatic ring is 1. The van der Waals surface area contributed by atoms with E-state index in [1.807, 2.05) is 19.1 Å². The third-order valence-corrected chi connectivity index (χ3v) is 2.93. The zero-order valence-electron chi connectivity index (χ0n) is 11.0. The standard InChI is InChI=1S/C14H14ClN5/c1-2-12-11(13(15)20-14(17)19-12)6-4-9-3-5-10(7-16)18-8-9/h3,5,8H,2,7,16H2,1H3,(H2,17,19,20). The van der Waals surface area contributed by atoms with Crippen molar-refractivity contribution in [3.05, 3.63) is 46.0 Å². The average molecular weight is 288 g/mol. The fourth-order valence-corrected chi connectivity index (χ4v) is 1.87. The first-order chi connectivity index (χ1) is 9.63. The number of nitrogens with zero attached hydrogens (tertiary/aromatic N) is 3. The molecular weight excluding hydrogens is 274 g/mol. The van der Waals surface area contributed by atoms with E-state index in [1.165, 1.54) is 0 Å². The van der Waals surface area contributed by atoms with Crippen LogP contribution in [0.2, 0.25) is 5.15 Å².